The number of nitrogens with one attached hydrogen (secondary N) is 1. The molecule has 0 saturated carbocycles. The standard InChI is InChI=1S/C16H27N3S2/c1-6-7-17-15-13(10(2)3)11(4)18-16(19-15)14-12(5)20-8-9-21-14/h10,12,14H,6-9H2,1-5H3,(H,17,18,19). The van der Waals surface area contributed by atoms with Crippen molar-refractivity contribution < 1.29 is 0 Å². The van der Waals surface area contributed by atoms with E-state index in [1.807, 2.05) is 23.5 Å². The van der Waals surface area contributed by atoms with Crippen molar-refractivity contribution in [2.24, 2.45) is 0 Å². The maximum Gasteiger partial charge on any atom is 0.145 e. The van der Waals surface area contributed by atoms with Gasteiger partial charge >= 0.3 is 0 Å². The molecule has 0 spiro atoms. The summed E-state index contributed by atoms with van der Waals surface area (Å²) >= 11 is 4.05. The highest BCUT2D eigenvalue weighted by atomic mass is 32.2. The van der Waals surface area contributed by atoms with Gasteiger partial charge in [-0.25, -0.2) is 9.97 Å². The predicted molar refractivity (Wildman–Crippen MR) is 96.8 cm³/mol. The van der Waals surface area contributed by atoms with Crippen LogP contribution in [-0.4, -0.2) is 33.3 Å². The van der Waals surface area contributed by atoms with Gasteiger partial charge in [-0.15, -0.1) is 11.8 Å². The molecule has 0 radical (unpaired) electrons. The Morgan fingerprint density at radius 1 is 1.24 bits per heavy atom. The Labute approximate surface area is 137 Å². The smallest absolute Gasteiger partial charge is 0.145 e. The van der Waals surface area contributed by atoms with E-state index in [1.165, 1.54) is 17.1 Å². The van der Waals surface area contributed by atoms with Gasteiger partial charge in [0.1, 0.15) is 11.6 Å². The Kier molecular flexibility index (Phi) is 6.23. The zero-order valence-corrected chi connectivity index (χ0v) is 15.4. The van der Waals surface area contributed by atoms with Crippen LogP contribution in [-0.2, 0) is 0 Å². The monoisotopic (exact) mass is 325 g/mol. The summed E-state index contributed by atoms with van der Waals surface area (Å²) in [4.78, 5) is 9.76. The summed E-state index contributed by atoms with van der Waals surface area (Å²) in [5.74, 6) is 4.96. The molecule has 1 aromatic heterocycles. The Hall–Kier alpha value is -0.420. The van der Waals surface area contributed by atoms with Gasteiger partial charge in [-0.3, -0.25) is 0 Å². The fourth-order valence-electron chi connectivity index (χ4n) is 2.72. The summed E-state index contributed by atoms with van der Waals surface area (Å²) in [5, 5.41) is 4.52. The summed E-state index contributed by atoms with van der Waals surface area (Å²) in [6.45, 7) is 12.0. The number of hydrogen-bond acceptors (Lipinski definition) is 5. The van der Waals surface area contributed by atoms with Crippen molar-refractivity contribution in [2.75, 3.05) is 23.4 Å². The maximum absolute atomic E-state index is 4.91. The molecule has 1 N–H and O–H groups in total. The minimum absolute atomic E-state index is 0.422. The molecular formula is C16H27N3S2. The molecule has 0 bridgehead atoms. The van der Waals surface area contributed by atoms with Gasteiger partial charge in [0, 0.05) is 34.6 Å². The Bertz CT molecular complexity index is 477. The van der Waals surface area contributed by atoms with Crippen LogP contribution in [0.4, 0.5) is 5.82 Å². The number of aromatic nitrogens is 2. The van der Waals surface area contributed by atoms with E-state index in [2.05, 4.69) is 39.9 Å². The van der Waals surface area contributed by atoms with Gasteiger partial charge in [0.25, 0.3) is 0 Å². The zero-order chi connectivity index (χ0) is 15.4. The molecule has 1 saturated heterocycles. The Morgan fingerprint density at radius 2 is 1.95 bits per heavy atom. The Morgan fingerprint density at radius 3 is 2.57 bits per heavy atom. The van der Waals surface area contributed by atoms with Crippen LogP contribution in [0, 0.1) is 6.92 Å². The molecule has 118 valence electrons. The van der Waals surface area contributed by atoms with Crippen LogP contribution in [0.3, 0.4) is 0 Å². The van der Waals surface area contributed by atoms with Gasteiger partial charge in [0.2, 0.25) is 0 Å². The first-order valence-electron chi connectivity index (χ1n) is 7.90. The van der Waals surface area contributed by atoms with Crippen LogP contribution in [0.15, 0.2) is 0 Å². The second-order valence-corrected chi connectivity index (χ2v) is 8.61. The van der Waals surface area contributed by atoms with Gasteiger partial charge < -0.3 is 5.32 Å². The first-order valence-corrected chi connectivity index (χ1v) is 9.99. The fourth-order valence-corrected chi connectivity index (χ4v) is 5.41. The SMILES string of the molecule is CCCNc1nc(C2SCCSC2C)nc(C)c1C(C)C. The van der Waals surface area contributed by atoms with Crippen molar-refractivity contribution in [3.63, 3.8) is 0 Å². The minimum Gasteiger partial charge on any atom is -0.370 e. The van der Waals surface area contributed by atoms with Crippen LogP contribution in [0.5, 0.6) is 0 Å². The van der Waals surface area contributed by atoms with Gasteiger partial charge in [-0.05, 0) is 19.3 Å². The molecule has 1 aromatic rings. The van der Waals surface area contributed by atoms with Crippen LogP contribution >= 0.6 is 23.5 Å². The summed E-state index contributed by atoms with van der Waals surface area (Å²) in [6.07, 6.45) is 1.11. The maximum atomic E-state index is 4.91. The summed E-state index contributed by atoms with van der Waals surface area (Å²) < 4.78 is 0. The molecule has 5 heteroatoms. The van der Waals surface area contributed by atoms with E-state index in [4.69, 9.17) is 9.97 Å². The van der Waals surface area contributed by atoms with Crippen molar-refractivity contribution >= 4 is 29.3 Å². The van der Waals surface area contributed by atoms with E-state index in [-0.39, 0.29) is 0 Å². The van der Waals surface area contributed by atoms with Crippen LogP contribution in [0.1, 0.15) is 62.4 Å². The highest BCUT2D eigenvalue weighted by Gasteiger charge is 2.28. The Balaban J connectivity index is 2.36. The number of anilines is 1. The van der Waals surface area contributed by atoms with Crippen molar-refractivity contribution in [1.29, 1.82) is 0 Å². The van der Waals surface area contributed by atoms with Crippen LogP contribution in [0.2, 0.25) is 0 Å². The number of nitrogens with zero attached hydrogens (tertiary/aromatic N) is 2. The second kappa shape index (κ2) is 7.73. The second-order valence-electron chi connectivity index (χ2n) is 5.88. The zero-order valence-electron chi connectivity index (χ0n) is 13.8. The van der Waals surface area contributed by atoms with Crippen molar-refractivity contribution in [3.8, 4) is 0 Å². The third kappa shape index (κ3) is 4.07. The van der Waals surface area contributed by atoms with Crippen molar-refractivity contribution in [2.45, 2.75) is 57.5 Å². The lowest BCUT2D eigenvalue weighted by Gasteiger charge is -2.28. The molecule has 0 amide bonds. The third-order valence-corrected chi connectivity index (χ3v) is 6.80. The van der Waals surface area contributed by atoms with Gasteiger partial charge in [-0.2, -0.15) is 11.8 Å². The first kappa shape index (κ1) is 16.9. The average Bonchev–Trinajstić information content (AvgIpc) is 2.44. The molecule has 21 heavy (non-hydrogen) atoms. The molecule has 0 aromatic carbocycles. The van der Waals surface area contributed by atoms with Crippen LogP contribution < -0.4 is 5.32 Å². The number of aryl methyl sites for hydroxylation is 1. The lowest BCUT2D eigenvalue weighted by atomic mass is 10.0. The molecule has 1 fully saturated rings. The van der Waals surface area contributed by atoms with E-state index in [0.29, 0.717) is 16.4 Å². The third-order valence-electron chi connectivity index (χ3n) is 3.72. The molecule has 2 heterocycles. The molecule has 3 nitrogen and oxygen atoms in total. The molecule has 0 aliphatic carbocycles. The van der Waals surface area contributed by atoms with Gasteiger partial charge in [-0.1, -0.05) is 27.7 Å². The number of hydrogen-bond donors (Lipinski definition) is 1. The largest absolute Gasteiger partial charge is 0.370 e. The average molecular weight is 326 g/mol. The van der Waals surface area contributed by atoms with Crippen molar-refractivity contribution in [1.82, 2.24) is 9.97 Å². The first-order chi connectivity index (χ1) is 10.0. The van der Waals surface area contributed by atoms with E-state index in [0.717, 1.165) is 30.3 Å². The summed E-state index contributed by atoms with van der Waals surface area (Å²) in [6, 6.07) is 0. The molecule has 2 rings (SSSR count). The topological polar surface area (TPSA) is 37.8 Å². The lowest BCUT2D eigenvalue weighted by Crippen LogP contribution is -2.20. The normalized spacial score (nSPS) is 22.6. The van der Waals surface area contributed by atoms with Gasteiger partial charge in [0.05, 0.1) is 5.25 Å². The fraction of sp³-hybridized carbons (Fsp3) is 0.750. The van der Waals surface area contributed by atoms with Crippen molar-refractivity contribution in [3.05, 3.63) is 17.1 Å². The van der Waals surface area contributed by atoms with E-state index in [1.54, 1.807) is 0 Å². The lowest BCUT2D eigenvalue weighted by molar-refractivity contribution is 0.773. The van der Waals surface area contributed by atoms with Gasteiger partial charge in [0.15, 0.2) is 0 Å². The highest BCUT2D eigenvalue weighted by molar-refractivity contribution is 8.06. The molecule has 2 unspecified atom stereocenters. The summed E-state index contributed by atoms with van der Waals surface area (Å²) in [7, 11) is 0. The van der Waals surface area contributed by atoms with Crippen LogP contribution in [0.25, 0.3) is 0 Å². The van der Waals surface area contributed by atoms with E-state index >= 15 is 0 Å². The molecule has 2 atom stereocenters. The molecule has 1 aliphatic rings. The number of rotatable bonds is 5. The predicted octanol–water partition coefficient (Wildman–Crippen LogP) is 4.64. The quantitative estimate of drug-likeness (QED) is 0.853. The minimum atomic E-state index is 0.422. The highest BCUT2D eigenvalue weighted by Crippen LogP contribution is 2.42. The number of thioether (sulfide) groups is 2. The van der Waals surface area contributed by atoms with E-state index in [9.17, 15) is 0 Å². The molecular weight excluding hydrogens is 298 g/mol. The summed E-state index contributed by atoms with van der Waals surface area (Å²) in [5.41, 5.74) is 2.41. The van der Waals surface area contributed by atoms with E-state index < -0.39 is 0 Å². The molecule has 1 aliphatic heterocycles.